The van der Waals surface area contributed by atoms with Crippen molar-refractivity contribution in [1.29, 1.82) is 0 Å². The summed E-state index contributed by atoms with van der Waals surface area (Å²) in [6, 6.07) is 12.0. The summed E-state index contributed by atoms with van der Waals surface area (Å²) in [5.74, 6) is 3.87. The summed E-state index contributed by atoms with van der Waals surface area (Å²) in [4.78, 5) is 0. The zero-order valence-electron chi connectivity index (χ0n) is 17.3. The number of aryl methyl sites for hydroxylation is 2. The third-order valence-corrected chi connectivity index (χ3v) is 6.49. The minimum absolute atomic E-state index is 0.466. The first kappa shape index (κ1) is 20.7. The van der Waals surface area contributed by atoms with E-state index in [2.05, 4.69) is 38.6 Å². The van der Waals surface area contributed by atoms with Crippen molar-refractivity contribution < 1.29 is 17.7 Å². The third-order valence-electron chi connectivity index (χ3n) is 4.71. The summed E-state index contributed by atoms with van der Waals surface area (Å²) < 4.78 is 22.1. The number of rotatable bonds is 8. The first-order valence-corrected chi connectivity index (χ1v) is 11.7. The smallest absolute Gasteiger partial charge is 0.277 e. The highest BCUT2D eigenvalue weighted by Gasteiger charge is 2.15. The van der Waals surface area contributed by atoms with Gasteiger partial charge < -0.3 is 17.7 Å². The Hall–Kier alpha value is -3.24. The molecule has 0 aliphatic carbocycles. The highest BCUT2D eigenvalue weighted by atomic mass is 32.2. The lowest BCUT2D eigenvalue weighted by Gasteiger charge is -2.03. The van der Waals surface area contributed by atoms with Crippen molar-refractivity contribution in [2.24, 2.45) is 0 Å². The summed E-state index contributed by atoms with van der Waals surface area (Å²) in [6.45, 7) is 3.73. The van der Waals surface area contributed by atoms with E-state index in [-0.39, 0.29) is 0 Å². The number of hydrogen-bond donors (Lipinski definition) is 0. The van der Waals surface area contributed by atoms with Crippen LogP contribution in [0.15, 0.2) is 77.0 Å². The zero-order chi connectivity index (χ0) is 21.9. The van der Waals surface area contributed by atoms with E-state index < -0.39 is 0 Å². The predicted octanol–water partition coefficient (Wildman–Crippen LogP) is 6.17. The van der Waals surface area contributed by atoms with Crippen LogP contribution >= 0.6 is 23.5 Å². The van der Waals surface area contributed by atoms with Crippen molar-refractivity contribution in [3.63, 3.8) is 0 Å². The maximum absolute atomic E-state index is 5.75. The Labute approximate surface area is 191 Å². The van der Waals surface area contributed by atoms with Gasteiger partial charge in [0.15, 0.2) is 0 Å². The Morgan fingerprint density at radius 2 is 1.19 bits per heavy atom. The monoisotopic (exact) mass is 466 g/mol. The van der Waals surface area contributed by atoms with Gasteiger partial charge in [0.2, 0.25) is 0 Å². The average molecular weight is 467 g/mol. The van der Waals surface area contributed by atoms with Crippen molar-refractivity contribution in [1.82, 2.24) is 20.4 Å². The Morgan fingerprint density at radius 3 is 1.62 bits per heavy atom. The van der Waals surface area contributed by atoms with E-state index in [1.165, 1.54) is 23.5 Å². The van der Waals surface area contributed by atoms with Crippen LogP contribution in [0.5, 0.6) is 0 Å². The molecule has 0 atom stereocenters. The topological polar surface area (TPSA) is 104 Å². The van der Waals surface area contributed by atoms with Gasteiger partial charge in [-0.2, -0.15) is 0 Å². The van der Waals surface area contributed by atoms with E-state index in [1.54, 1.807) is 12.5 Å². The van der Waals surface area contributed by atoms with Crippen LogP contribution in [0, 0.1) is 13.8 Å². The Morgan fingerprint density at radius 1 is 0.688 bits per heavy atom. The molecule has 0 fully saturated rings. The fourth-order valence-electron chi connectivity index (χ4n) is 3.07. The van der Waals surface area contributed by atoms with Gasteiger partial charge in [0.05, 0.1) is 23.7 Å². The third kappa shape index (κ3) is 4.51. The molecular formula is C22H18N4O4S2. The van der Waals surface area contributed by atoms with Crippen molar-refractivity contribution in [2.75, 3.05) is 0 Å². The molecule has 0 aliphatic heterocycles. The van der Waals surface area contributed by atoms with E-state index in [0.29, 0.717) is 22.2 Å². The molecule has 4 aromatic heterocycles. The average Bonchev–Trinajstić information content (AvgIpc) is 3.59. The van der Waals surface area contributed by atoms with E-state index in [1.807, 2.05) is 32.0 Å². The van der Waals surface area contributed by atoms with Gasteiger partial charge in [0.1, 0.15) is 11.5 Å². The highest BCUT2D eigenvalue weighted by Crippen LogP contribution is 2.30. The molecule has 0 unspecified atom stereocenters. The molecule has 0 bridgehead atoms. The minimum Gasteiger partial charge on any atom is -0.469 e. The molecule has 0 saturated heterocycles. The maximum Gasteiger partial charge on any atom is 0.277 e. The van der Waals surface area contributed by atoms with Gasteiger partial charge in [-0.05, 0) is 37.1 Å². The molecule has 0 spiro atoms. The summed E-state index contributed by atoms with van der Waals surface area (Å²) in [5.41, 5.74) is 3.95. The molecule has 8 nitrogen and oxygen atoms in total. The lowest BCUT2D eigenvalue weighted by Crippen LogP contribution is -1.86. The molecule has 4 heterocycles. The fourth-order valence-corrected chi connectivity index (χ4v) is 4.48. The van der Waals surface area contributed by atoms with Crippen molar-refractivity contribution >= 4 is 23.5 Å². The summed E-state index contributed by atoms with van der Waals surface area (Å²) in [5, 5.41) is 17.5. The number of aromatic nitrogens is 4. The molecule has 162 valence electrons. The quantitative estimate of drug-likeness (QED) is 0.246. The normalized spacial score (nSPS) is 11.3. The Bertz CT molecular complexity index is 1240. The van der Waals surface area contributed by atoms with Crippen LogP contribution in [-0.2, 0) is 11.5 Å². The maximum atomic E-state index is 5.75. The number of hydrogen-bond acceptors (Lipinski definition) is 10. The van der Waals surface area contributed by atoms with Crippen LogP contribution in [-0.4, -0.2) is 20.4 Å². The van der Waals surface area contributed by atoms with Crippen LogP contribution < -0.4 is 0 Å². The largest absolute Gasteiger partial charge is 0.469 e. The second kappa shape index (κ2) is 9.09. The van der Waals surface area contributed by atoms with Crippen LogP contribution in [0.1, 0.15) is 22.6 Å². The Balaban J connectivity index is 1.18. The summed E-state index contributed by atoms with van der Waals surface area (Å²) >= 11 is 2.99. The van der Waals surface area contributed by atoms with Crippen molar-refractivity contribution in [3.8, 4) is 22.9 Å². The summed E-state index contributed by atoms with van der Waals surface area (Å²) in [6.07, 6.45) is 3.22. The van der Waals surface area contributed by atoms with Crippen molar-refractivity contribution in [2.45, 2.75) is 35.8 Å². The van der Waals surface area contributed by atoms with Gasteiger partial charge in [0, 0.05) is 11.5 Å². The van der Waals surface area contributed by atoms with Gasteiger partial charge in [-0.15, -0.1) is 20.4 Å². The number of furan rings is 2. The van der Waals surface area contributed by atoms with Gasteiger partial charge >= 0.3 is 0 Å². The predicted molar refractivity (Wildman–Crippen MR) is 119 cm³/mol. The number of benzene rings is 1. The molecular weight excluding hydrogens is 448 g/mol. The highest BCUT2D eigenvalue weighted by molar-refractivity contribution is 7.98. The fraction of sp³-hybridized carbons (Fsp3) is 0.182. The van der Waals surface area contributed by atoms with Crippen LogP contribution in [0.25, 0.3) is 22.9 Å². The van der Waals surface area contributed by atoms with Gasteiger partial charge in [0.25, 0.3) is 22.2 Å². The molecule has 5 aromatic rings. The van der Waals surface area contributed by atoms with Gasteiger partial charge in [-0.25, -0.2) is 0 Å². The van der Waals surface area contributed by atoms with E-state index in [0.717, 1.165) is 45.3 Å². The Kier molecular flexibility index (Phi) is 5.87. The first-order chi connectivity index (χ1) is 15.7. The molecule has 1 aromatic carbocycles. The first-order valence-electron chi connectivity index (χ1n) is 9.75. The number of thioether (sulfide) groups is 2. The molecule has 5 rings (SSSR count). The van der Waals surface area contributed by atoms with Crippen LogP contribution in [0.4, 0.5) is 0 Å². The van der Waals surface area contributed by atoms with E-state index in [9.17, 15) is 0 Å². The lowest BCUT2D eigenvalue weighted by molar-refractivity contribution is 0.463. The van der Waals surface area contributed by atoms with Crippen LogP contribution in [0.3, 0.4) is 0 Å². The van der Waals surface area contributed by atoms with Crippen LogP contribution in [0.2, 0.25) is 0 Å². The second-order valence-electron chi connectivity index (χ2n) is 6.92. The molecule has 10 heteroatoms. The minimum atomic E-state index is 0.466. The second-order valence-corrected chi connectivity index (χ2v) is 8.78. The standard InChI is InChI=1S/C22H18N4O4S2/c1-13-17(6-8-27-13)19-23-25-21(29-19)31-11-15-4-3-5-16(10-15)12-32-22-26-24-20(30-22)18-7-9-28-14(18)2/h3-10H,11-12H2,1-2H3. The van der Waals surface area contributed by atoms with E-state index >= 15 is 0 Å². The van der Waals surface area contributed by atoms with Gasteiger partial charge in [-0.3, -0.25) is 0 Å². The molecule has 0 aliphatic rings. The lowest BCUT2D eigenvalue weighted by atomic mass is 10.2. The van der Waals surface area contributed by atoms with Gasteiger partial charge in [-0.1, -0.05) is 47.8 Å². The molecule has 0 N–H and O–H groups in total. The SMILES string of the molecule is Cc1occc1-c1nnc(SCc2cccc(CSc3nnc(-c4ccoc4C)o3)c2)o1. The summed E-state index contributed by atoms with van der Waals surface area (Å²) in [7, 11) is 0. The molecule has 0 radical (unpaired) electrons. The molecule has 0 saturated carbocycles. The van der Waals surface area contributed by atoms with E-state index in [4.69, 9.17) is 17.7 Å². The molecule has 0 amide bonds. The zero-order valence-corrected chi connectivity index (χ0v) is 18.9. The molecule has 32 heavy (non-hydrogen) atoms. The number of nitrogens with zero attached hydrogens (tertiary/aromatic N) is 4. The van der Waals surface area contributed by atoms with Crippen molar-refractivity contribution in [3.05, 3.63) is 71.6 Å².